The number of halogens is 2. The molecule has 0 spiro atoms. The van der Waals surface area contributed by atoms with Crippen molar-refractivity contribution in [1.29, 1.82) is 0 Å². The van der Waals surface area contributed by atoms with Gasteiger partial charge in [-0.15, -0.1) is 0 Å². The molecule has 22 heavy (non-hydrogen) atoms. The van der Waals surface area contributed by atoms with Crippen molar-refractivity contribution in [2.75, 3.05) is 0 Å². The molecule has 0 atom stereocenters. The molecule has 116 valence electrons. The minimum Gasteiger partial charge on any atom is -0.460 e. The van der Waals surface area contributed by atoms with Crippen LogP contribution in [0.3, 0.4) is 0 Å². The van der Waals surface area contributed by atoms with Crippen LogP contribution >= 0.6 is 0 Å². The SMILES string of the molecule is CC(C)(C)OC(=O)Cc1ccc(-c2ccnc(F)c2)c(F)c1. The van der Waals surface area contributed by atoms with Gasteiger partial charge in [0.1, 0.15) is 11.4 Å². The van der Waals surface area contributed by atoms with Crippen LogP contribution in [0.1, 0.15) is 26.3 Å². The van der Waals surface area contributed by atoms with Crippen molar-refractivity contribution in [2.24, 2.45) is 0 Å². The van der Waals surface area contributed by atoms with E-state index in [-0.39, 0.29) is 12.0 Å². The summed E-state index contributed by atoms with van der Waals surface area (Å²) in [6.07, 6.45) is 1.26. The fourth-order valence-electron chi connectivity index (χ4n) is 2.02. The molecule has 2 rings (SSSR count). The fourth-order valence-corrected chi connectivity index (χ4v) is 2.02. The highest BCUT2D eigenvalue weighted by Crippen LogP contribution is 2.24. The average molecular weight is 305 g/mol. The van der Waals surface area contributed by atoms with Crippen LogP contribution in [0.4, 0.5) is 8.78 Å². The number of benzene rings is 1. The summed E-state index contributed by atoms with van der Waals surface area (Å²) in [7, 11) is 0. The highest BCUT2D eigenvalue weighted by atomic mass is 19.1. The largest absolute Gasteiger partial charge is 0.460 e. The summed E-state index contributed by atoms with van der Waals surface area (Å²) in [6.45, 7) is 5.31. The molecular weight excluding hydrogens is 288 g/mol. The quantitative estimate of drug-likeness (QED) is 0.637. The normalized spacial score (nSPS) is 11.3. The number of ether oxygens (including phenoxy) is 1. The van der Waals surface area contributed by atoms with E-state index in [1.807, 2.05) is 0 Å². The van der Waals surface area contributed by atoms with Gasteiger partial charge in [-0.25, -0.2) is 9.37 Å². The second-order valence-electron chi connectivity index (χ2n) is 5.94. The van der Waals surface area contributed by atoms with Crippen LogP contribution in [0.5, 0.6) is 0 Å². The van der Waals surface area contributed by atoms with Crippen LogP contribution in [-0.2, 0) is 16.0 Å². The minimum absolute atomic E-state index is 0.0147. The summed E-state index contributed by atoms with van der Waals surface area (Å²) in [5.41, 5.74) is 0.581. The van der Waals surface area contributed by atoms with E-state index in [1.165, 1.54) is 24.4 Å². The first-order valence-electron chi connectivity index (χ1n) is 6.87. The van der Waals surface area contributed by atoms with Crippen LogP contribution in [0.15, 0.2) is 36.5 Å². The average Bonchev–Trinajstić information content (AvgIpc) is 2.36. The lowest BCUT2D eigenvalue weighted by molar-refractivity contribution is -0.153. The molecule has 0 saturated heterocycles. The number of nitrogens with zero attached hydrogens (tertiary/aromatic N) is 1. The molecule has 0 N–H and O–H groups in total. The van der Waals surface area contributed by atoms with Gasteiger partial charge < -0.3 is 4.74 Å². The Hall–Kier alpha value is -2.30. The lowest BCUT2D eigenvalue weighted by Crippen LogP contribution is -2.24. The van der Waals surface area contributed by atoms with Gasteiger partial charge in [-0.3, -0.25) is 4.79 Å². The number of carbonyl (C=O) groups is 1. The zero-order chi connectivity index (χ0) is 16.3. The second kappa shape index (κ2) is 6.22. The molecule has 0 bridgehead atoms. The third kappa shape index (κ3) is 4.35. The van der Waals surface area contributed by atoms with Gasteiger partial charge in [0.25, 0.3) is 0 Å². The van der Waals surface area contributed by atoms with E-state index in [1.54, 1.807) is 26.8 Å². The van der Waals surface area contributed by atoms with Crippen LogP contribution in [0.25, 0.3) is 11.1 Å². The Kier molecular flexibility index (Phi) is 4.54. The minimum atomic E-state index is -0.672. The van der Waals surface area contributed by atoms with E-state index in [2.05, 4.69) is 4.98 Å². The summed E-state index contributed by atoms with van der Waals surface area (Å²) in [5, 5.41) is 0. The van der Waals surface area contributed by atoms with E-state index < -0.39 is 23.3 Å². The molecule has 0 aliphatic rings. The Morgan fingerprint density at radius 2 is 1.91 bits per heavy atom. The fraction of sp³-hybridized carbons (Fsp3) is 0.294. The monoisotopic (exact) mass is 305 g/mol. The van der Waals surface area contributed by atoms with Gasteiger partial charge in [0.15, 0.2) is 0 Å². The van der Waals surface area contributed by atoms with Crippen LogP contribution < -0.4 is 0 Å². The Morgan fingerprint density at radius 3 is 2.50 bits per heavy atom. The van der Waals surface area contributed by atoms with Crippen LogP contribution in [0.2, 0.25) is 0 Å². The summed E-state index contributed by atoms with van der Waals surface area (Å²) < 4.78 is 32.5. The molecule has 0 radical (unpaired) electrons. The van der Waals surface area contributed by atoms with Crippen molar-refractivity contribution in [3.05, 3.63) is 53.9 Å². The number of esters is 1. The number of aromatic nitrogens is 1. The first kappa shape index (κ1) is 16.1. The van der Waals surface area contributed by atoms with Crippen LogP contribution in [0, 0.1) is 11.8 Å². The van der Waals surface area contributed by atoms with Gasteiger partial charge in [-0.05, 0) is 44.0 Å². The summed E-state index contributed by atoms with van der Waals surface area (Å²) in [4.78, 5) is 15.2. The van der Waals surface area contributed by atoms with Crippen molar-refractivity contribution in [2.45, 2.75) is 32.8 Å². The predicted molar refractivity (Wildman–Crippen MR) is 79.1 cm³/mol. The lowest BCUT2D eigenvalue weighted by atomic mass is 10.0. The van der Waals surface area contributed by atoms with Crippen molar-refractivity contribution < 1.29 is 18.3 Å². The van der Waals surface area contributed by atoms with Gasteiger partial charge >= 0.3 is 5.97 Å². The number of rotatable bonds is 3. The van der Waals surface area contributed by atoms with Crippen molar-refractivity contribution in [3.8, 4) is 11.1 Å². The van der Waals surface area contributed by atoms with Gasteiger partial charge in [-0.1, -0.05) is 12.1 Å². The number of hydrogen-bond acceptors (Lipinski definition) is 3. The van der Waals surface area contributed by atoms with Gasteiger partial charge in [0, 0.05) is 17.8 Å². The molecule has 0 saturated carbocycles. The Balaban J connectivity index is 2.18. The zero-order valence-electron chi connectivity index (χ0n) is 12.7. The van der Waals surface area contributed by atoms with Gasteiger partial charge in [0.2, 0.25) is 5.95 Å². The highest BCUT2D eigenvalue weighted by molar-refractivity contribution is 5.73. The molecule has 1 heterocycles. The Labute approximate surface area is 128 Å². The molecule has 0 aliphatic carbocycles. The van der Waals surface area contributed by atoms with Gasteiger partial charge in [0.05, 0.1) is 6.42 Å². The molecule has 0 fully saturated rings. The molecule has 3 nitrogen and oxygen atoms in total. The summed E-state index contributed by atoms with van der Waals surface area (Å²) in [5.74, 6) is -1.61. The number of hydrogen-bond donors (Lipinski definition) is 0. The van der Waals surface area contributed by atoms with E-state index in [0.29, 0.717) is 11.1 Å². The maximum atomic E-state index is 14.2. The maximum absolute atomic E-state index is 14.2. The Morgan fingerprint density at radius 1 is 1.18 bits per heavy atom. The summed E-state index contributed by atoms with van der Waals surface area (Å²) >= 11 is 0. The predicted octanol–water partition coefficient (Wildman–Crippen LogP) is 3.91. The maximum Gasteiger partial charge on any atom is 0.310 e. The topological polar surface area (TPSA) is 39.2 Å². The lowest BCUT2D eigenvalue weighted by Gasteiger charge is -2.19. The Bertz CT molecular complexity index is 693. The smallest absolute Gasteiger partial charge is 0.310 e. The van der Waals surface area contributed by atoms with E-state index in [0.717, 1.165) is 6.07 Å². The standard InChI is InChI=1S/C17H17F2NO2/c1-17(2,3)22-16(21)9-11-4-5-13(14(18)8-11)12-6-7-20-15(19)10-12/h4-8,10H,9H2,1-3H3. The molecular formula is C17H17F2NO2. The molecule has 0 amide bonds. The molecule has 0 aliphatic heterocycles. The first-order chi connectivity index (χ1) is 10.2. The molecule has 1 aromatic carbocycles. The van der Waals surface area contributed by atoms with Crippen molar-refractivity contribution in [1.82, 2.24) is 4.98 Å². The number of carbonyl (C=O) groups excluding carboxylic acids is 1. The third-order valence-corrected chi connectivity index (χ3v) is 2.84. The summed E-state index contributed by atoms with van der Waals surface area (Å²) in [6, 6.07) is 7.09. The number of pyridine rings is 1. The van der Waals surface area contributed by atoms with E-state index >= 15 is 0 Å². The second-order valence-corrected chi connectivity index (χ2v) is 5.94. The van der Waals surface area contributed by atoms with E-state index in [9.17, 15) is 13.6 Å². The molecule has 2 aromatic rings. The van der Waals surface area contributed by atoms with E-state index in [4.69, 9.17) is 4.74 Å². The molecule has 1 aromatic heterocycles. The first-order valence-corrected chi connectivity index (χ1v) is 6.87. The van der Waals surface area contributed by atoms with Crippen LogP contribution in [-0.4, -0.2) is 16.6 Å². The zero-order valence-corrected chi connectivity index (χ0v) is 12.7. The molecule has 5 heteroatoms. The molecule has 0 unspecified atom stereocenters. The highest BCUT2D eigenvalue weighted by Gasteiger charge is 2.17. The third-order valence-electron chi connectivity index (χ3n) is 2.84. The van der Waals surface area contributed by atoms with Gasteiger partial charge in [-0.2, -0.15) is 4.39 Å². The van der Waals surface area contributed by atoms with Crippen molar-refractivity contribution in [3.63, 3.8) is 0 Å². The van der Waals surface area contributed by atoms with Crippen molar-refractivity contribution >= 4 is 5.97 Å².